The molecule has 0 fully saturated rings. The van der Waals surface area contributed by atoms with Gasteiger partial charge in [0.05, 0.1) is 0 Å². The molecule has 0 unspecified atom stereocenters. The molecule has 20 heavy (non-hydrogen) atoms. The molecule has 2 nitrogen and oxygen atoms in total. The van der Waals surface area contributed by atoms with Crippen molar-refractivity contribution in [1.29, 1.82) is 0 Å². The molecule has 0 aliphatic heterocycles. The highest BCUT2D eigenvalue weighted by atomic mass is 15.0. The van der Waals surface area contributed by atoms with E-state index in [0.717, 1.165) is 6.54 Å². The highest BCUT2D eigenvalue weighted by molar-refractivity contribution is 5.72. The molecule has 0 N–H and O–H groups in total. The van der Waals surface area contributed by atoms with Crippen LogP contribution in [0.15, 0.2) is 55.3 Å². The van der Waals surface area contributed by atoms with E-state index in [9.17, 15) is 0 Å². The van der Waals surface area contributed by atoms with E-state index in [-0.39, 0.29) is 0 Å². The molecule has 0 radical (unpaired) electrons. The molecule has 0 aliphatic rings. The van der Waals surface area contributed by atoms with E-state index >= 15 is 0 Å². The van der Waals surface area contributed by atoms with Crippen molar-refractivity contribution in [2.24, 2.45) is 0 Å². The molecule has 1 heterocycles. The van der Waals surface area contributed by atoms with Crippen LogP contribution in [0.5, 0.6) is 0 Å². The Kier molecular flexibility index (Phi) is 4.46. The third-order valence-corrected chi connectivity index (χ3v) is 3.40. The van der Waals surface area contributed by atoms with Gasteiger partial charge in [-0.05, 0) is 32.1 Å². The van der Waals surface area contributed by atoms with Gasteiger partial charge in [0.15, 0.2) is 12.4 Å². The van der Waals surface area contributed by atoms with Crippen LogP contribution < -0.4 is 4.57 Å². The van der Waals surface area contributed by atoms with E-state index in [0.29, 0.717) is 0 Å². The molecule has 0 aliphatic carbocycles. The average molecular weight is 266 g/mol. The summed E-state index contributed by atoms with van der Waals surface area (Å²) in [6, 6.07) is 12.8. The van der Waals surface area contributed by atoms with Gasteiger partial charge in [-0.2, -0.15) is 4.57 Å². The smallest absolute Gasteiger partial charge is 0.201 e. The average Bonchev–Trinajstić information content (AvgIpc) is 2.47. The Bertz CT molecular complexity index is 654. The second kappa shape index (κ2) is 6.29. The Morgan fingerprint density at radius 1 is 1.20 bits per heavy atom. The second-order valence-corrected chi connectivity index (χ2v) is 4.89. The van der Waals surface area contributed by atoms with Crippen LogP contribution in [0.25, 0.3) is 11.3 Å². The Morgan fingerprint density at radius 2 is 1.95 bits per heavy atom. The molecule has 0 saturated heterocycles. The Balaban J connectivity index is 2.64. The Morgan fingerprint density at radius 3 is 2.65 bits per heavy atom. The standard InChI is InChI=1S/C18H22N2/c1-5-13-19(4)17-10-8-7-9-16(17)18-12-11-15(3)14-20(18)6-2/h5,7-14H,1,6H2,2-4H3/q+2/b19-13+. The summed E-state index contributed by atoms with van der Waals surface area (Å²) in [4.78, 5) is 0. The monoisotopic (exact) mass is 266 g/mol. The zero-order valence-corrected chi connectivity index (χ0v) is 12.5. The third kappa shape index (κ3) is 2.85. The molecule has 2 rings (SSSR count). The number of allylic oxidation sites excluding steroid dienone is 1. The number of hydrogen-bond acceptors (Lipinski definition) is 0. The molecule has 1 aromatic carbocycles. The van der Waals surface area contributed by atoms with Crippen molar-refractivity contribution in [1.82, 2.24) is 0 Å². The van der Waals surface area contributed by atoms with Gasteiger partial charge >= 0.3 is 0 Å². The minimum Gasteiger partial charge on any atom is -0.201 e. The van der Waals surface area contributed by atoms with E-state index in [2.05, 4.69) is 72.2 Å². The molecular weight excluding hydrogens is 244 g/mol. The van der Waals surface area contributed by atoms with Gasteiger partial charge in [-0.15, -0.1) is 0 Å². The summed E-state index contributed by atoms with van der Waals surface area (Å²) in [5.41, 5.74) is 4.92. The van der Waals surface area contributed by atoms with E-state index < -0.39 is 0 Å². The van der Waals surface area contributed by atoms with Crippen molar-refractivity contribution >= 4 is 11.9 Å². The van der Waals surface area contributed by atoms with Gasteiger partial charge in [0.25, 0.3) is 0 Å². The zero-order valence-electron chi connectivity index (χ0n) is 12.5. The van der Waals surface area contributed by atoms with Crippen molar-refractivity contribution in [3.63, 3.8) is 0 Å². The lowest BCUT2D eigenvalue weighted by molar-refractivity contribution is -0.683. The van der Waals surface area contributed by atoms with E-state index in [1.807, 2.05) is 13.3 Å². The van der Waals surface area contributed by atoms with Crippen LogP contribution in [0.1, 0.15) is 12.5 Å². The zero-order chi connectivity index (χ0) is 14.5. The van der Waals surface area contributed by atoms with Gasteiger partial charge < -0.3 is 0 Å². The predicted octanol–water partition coefficient (Wildman–Crippen LogP) is 3.50. The summed E-state index contributed by atoms with van der Waals surface area (Å²) in [6.07, 6.45) is 5.98. The van der Waals surface area contributed by atoms with Crippen LogP contribution >= 0.6 is 0 Å². The molecule has 0 amide bonds. The maximum Gasteiger partial charge on any atom is 0.219 e. The largest absolute Gasteiger partial charge is 0.219 e. The number of benzene rings is 1. The van der Waals surface area contributed by atoms with Crippen molar-refractivity contribution in [3.8, 4) is 11.3 Å². The summed E-state index contributed by atoms with van der Waals surface area (Å²) in [6.45, 7) is 9.03. The minimum absolute atomic E-state index is 0.959. The molecule has 2 heteroatoms. The van der Waals surface area contributed by atoms with Crippen LogP contribution in [0.2, 0.25) is 0 Å². The lowest BCUT2D eigenvalue weighted by atomic mass is 10.1. The minimum atomic E-state index is 0.959. The van der Waals surface area contributed by atoms with Crippen molar-refractivity contribution < 1.29 is 9.14 Å². The normalized spacial score (nSPS) is 11.4. The summed E-state index contributed by atoms with van der Waals surface area (Å²) in [5.74, 6) is 0. The maximum absolute atomic E-state index is 3.77. The Hall–Kier alpha value is -2.22. The maximum atomic E-state index is 3.77. The molecule has 102 valence electrons. The fourth-order valence-corrected chi connectivity index (χ4v) is 2.41. The van der Waals surface area contributed by atoms with Gasteiger partial charge in [-0.25, -0.2) is 4.58 Å². The molecule has 0 saturated carbocycles. The number of aryl methyl sites for hydroxylation is 2. The van der Waals surface area contributed by atoms with Crippen LogP contribution in [0.3, 0.4) is 0 Å². The van der Waals surface area contributed by atoms with Gasteiger partial charge in [-0.3, -0.25) is 0 Å². The van der Waals surface area contributed by atoms with Crippen LogP contribution in [0.4, 0.5) is 5.69 Å². The molecule has 2 aromatic rings. The number of nitrogens with zero attached hydrogens (tertiary/aromatic N) is 2. The number of rotatable bonds is 4. The predicted molar refractivity (Wildman–Crippen MR) is 84.6 cm³/mol. The van der Waals surface area contributed by atoms with Crippen molar-refractivity contribution in [2.75, 3.05) is 7.05 Å². The van der Waals surface area contributed by atoms with E-state index in [4.69, 9.17) is 0 Å². The molecular formula is C18H22N2+2. The first-order chi connectivity index (χ1) is 9.67. The summed E-state index contributed by atoms with van der Waals surface area (Å²) in [5, 5.41) is 0. The highest BCUT2D eigenvalue weighted by Crippen LogP contribution is 2.27. The number of pyridine rings is 1. The van der Waals surface area contributed by atoms with Crippen molar-refractivity contribution in [2.45, 2.75) is 20.4 Å². The van der Waals surface area contributed by atoms with Gasteiger partial charge in [-0.1, -0.05) is 18.7 Å². The molecule has 0 bridgehead atoms. The molecule has 0 spiro atoms. The fraction of sp³-hybridized carbons (Fsp3) is 0.222. The summed E-state index contributed by atoms with van der Waals surface area (Å²) >= 11 is 0. The first-order valence-electron chi connectivity index (χ1n) is 6.95. The SMILES string of the molecule is C=C/C=[N+](\C)c1ccccc1-c1ccc(C)c[n+]1CC. The van der Waals surface area contributed by atoms with Crippen LogP contribution in [0, 0.1) is 6.92 Å². The fourth-order valence-electron chi connectivity index (χ4n) is 2.41. The van der Waals surface area contributed by atoms with Crippen molar-refractivity contribution in [3.05, 3.63) is 60.8 Å². The topological polar surface area (TPSA) is 6.89 Å². The van der Waals surface area contributed by atoms with E-state index in [1.54, 1.807) is 6.08 Å². The lowest BCUT2D eigenvalue weighted by Crippen LogP contribution is -2.35. The summed E-state index contributed by atoms with van der Waals surface area (Å²) in [7, 11) is 2.05. The van der Waals surface area contributed by atoms with Gasteiger partial charge in [0.1, 0.15) is 19.2 Å². The quantitative estimate of drug-likeness (QED) is 0.590. The second-order valence-electron chi connectivity index (χ2n) is 4.89. The van der Waals surface area contributed by atoms with Gasteiger partial charge in [0, 0.05) is 17.7 Å². The number of hydrogen-bond donors (Lipinski definition) is 0. The number of para-hydroxylation sites is 1. The lowest BCUT2D eigenvalue weighted by Gasteiger charge is -2.06. The Labute approximate surface area is 121 Å². The van der Waals surface area contributed by atoms with Gasteiger partial charge in [0.2, 0.25) is 11.4 Å². The first-order valence-corrected chi connectivity index (χ1v) is 6.95. The van der Waals surface area contributed by atoms with Crippen LogP contribution in [-0.4, -0.2) is 17.8 Å². The van der Waals surface area contributed by atoms with Crippen LogP contribution in [-0.2, 0) is 6.54 Å². The molecule has 0 atom stereocenters. The first kappa shape index (κ1) is 14.2. The summed E-state index contributed by atoms with van der Waals surface area (Å²) < 4.78 is 4.39. The third-order valence-electron chi connectivity index (χ3n) is 3.40. The highest BCUT2D eigenvalue weighted by Gasteiger charge is 2.19. The van der Waals surface area contributed by atoms with E-state index in [1.165, 1.54) is 22.5 Å². The molecule has 1 aromatic heterocycles. The number of aromatic nitrogens is 1.